The zero-order valence-corrected chi connectivity index (χ0v) is 11.2. The lowest BCUT2D eigenvalue weighted by molar-refractivity contribution is -0.130. The van der Waals surface area contributed by atoms with Gasteiger partial charge in [0.05, 0.1) is 5.92 Å². The van der Waals surface area contributed by atoms with Crippen LogP contribution in [0.2, 0.25) is 0 Å². The van der Waals surface area contributed by atoms with Gasteiger partial charge in [0.25, 0.3) is 0 Å². The standard InChI is InChI=1S/C15H17N3O2/c1-9-4-6-13(15(20)17-9)18-14(19)11-5-7-12-10(11)3-2-8-16-12/h2-3,8,11,13H,1,4-7H2,(H,17,20)(H,18,19)/t11?,13-/m0/s1. The number of aromatic nitrogens is 1. The van der Waals surface area contributed by atoms with Gasteiger partial charge in [0.15, 0.2) is 0 Å². The lowest BCUT2D eigenvalue weighted by Crippen LogP contribution is -2.50. The predicted molar refractivity (Wildman–Crippen MR) is 73.7 cm³/mol. The van der Waals surface area contributed by atoms with Crippen LogP contribution in [0, 0.1) is 0 Å². The van der Waals surface area contributed by atoms with Gasteiger partial charge >= 0.3 is 0 Å². The minimum absolute atomic E-state index is 0.0792. The summed E-state index contributed by atoms with van der Waals surface area (Å²) in [5.41, 5.74) is 2.70. The fraction of sp³-hybridized carbons (Fsp3) is 0.400. The van der Waals surface area contributed by atoms with Crippen LogP contribution in [0.1, 0.15) is 36.4 Å². The third kappa shape index (κ3) is 2.31. The monoisotopic (exact) mass is 271 g/mol. The molecule has 20 heavy (non-hydrogen) atoms. The van der Waals surface area contributed by atoms with Crippen LogP contribution in [0.3, 0.4) is 0 Å². The molecule has 1 fully saturated rings. The molecule has 2 N–H and O–H groups in total. The van der Waals surface area contributed by atoms with Crippen LogP contribution in [0.15, 0.2) is 30.6 Å². The minimum atomic E-state index is -0.450. The molecule has 0 aromatic carbocycles. The maximum Gasteiger partial charge on any atom is 0.246 e. The van der Waals surface area contributed by atoms with Gasteiger partial charge in [-0.2, -0.15) is 0 Å². The number of fused-ring (bicyclic) bond motifs is 1. The SMILES string of the molecule is C=C1CC[C@H](NC(=O)C2CCc3ncccc32)C(=O)N1. The van der Waals surface area contributed by atoms with E-state index in [4.69, 9.17) is 0 Å². The van der Waals surface area contributed by atoms with Gasteiger partial charge in [-0.25, -0.2) is 0 Å². The van der Waals surface area contributed by atoms with Gasteiger partial charge in [0.2, 0.25) is 11.8 Å². The van der Waals surface area contributed by atoms with Gasteiger partial charge in [-0.15, -0.1) is 0 Å². The van der Waals surface area contributed by atoms with E-state index in [1.165, 1.54) is 0 Å². The molecule has 0 bridgehead atoms. The second kappa shape index (κ2) is 5.07. The van der Waals surface area contributed by atoms with E-state index in [1.54, 1.807) is 6.20 Å². The lowest BCUT2D eigenvalue weighted by atomic mass is 9.99. The third-order valence-corrected chi connectivity index (χ3v) is 3.95. The molecule has 2 amide bonds. The number of carbonyl (C=O) groups excluding carboxylic acids is 2. The Labute approximate surface area is 117 Å². The summed E-state index contributed by atoms with van der Waals surface area (Å²) in [6, 6.07) is 3.35. The van der Waals surface area contributed by atoms with Crippen LogP contribution >= 0.6 is 0 Å². The van der Waals surface area contributed by atoms with Gasteiger partial charge in [-0.05, 0) is 37.3 Å². The molecule has 2 atom stereocenters. The minimum Gasteiger partial charge on any atom is -0.344 e. The largest absolute Gasteiger partial charge is 0.344 e. The van der Waals surface area contributed by atoms with Crippen molar-refractivity contribution in [3.63, 3.8) is 0 Å². The molecule has 1 unspecified atom stereocenters. The van der Waals surface area contributed by atoms with Crippen LogP contribution in [0.25, 0.3) is 0 Å². The molecule has 5 heteroatoms. The van der Waals surface area contributed by atoms with Crippen molar-refractivity contribution in [2.75, 3.05) is 0 Å². The van der Waals surface area contributed by atoms with E-state index in [-0.39, 0.29) is 17.7 Å². The van der Waals surface area contributed by atoms with Crippen molar-refractivity contribution in [3.05, 3.63) is 41.9 Å². The maximum absolute atomic E-state index is 12.4. The molecule has 2 aliphatic rings. The zero-order chi connectivity index (χ0) is 14.1. The summed E-state index contributed by atoms with van der Waals surface area (Å²) in [5, 5.41) is 5.54. The number of pyridine rings is 1. The predicted octanol–water partition coefficient (Wildman–Crippen LogP) is 1.02. The van der Waals surface area contributed by atoms with Crippen molar-refractivity contribution in [3.8, 4) is 0 Å². The molecule has 104 valence electrons. The second-order valence-corrected chi connectivity index (χ2v) is 5.32. The molecule has 2 heterocycles. The van der Waals surface area contributed by atoms with Crippen LogP contribution in [-0.4, -0.2) is 22.8 Å². The summed E-state index contributed by atoms with van der Waals surface area (Å²) < 4.78 is 0. The second-order valence-electron chi connectivity index (χ2n) is 5.32. The van der Waals surface area contributed by atoms with Crippen molar-refractivity contribution in [2.45, 2.75) is 37.6 Å². The Hall–Kier alpha value is -2.17. The highest BCUT2D eigenvalue weighted by molar-refractivity contribution is 5.92. The van der Waals surface area contributed by atoms with Gasteiger partial charge in [0.1, 0.15) is 6.04 Å². The Balaban J connectivity index is 1.69. The summed E-state index contributed by atoms with van der Waals surface area (Å²) in [6.07, 6.45) is 4.66. The number of carbonyl (C=O) groups is 2. The molecule has 1 aliphatic carbocycles. The first-order valence-electron chi connectivity index (χ1n) is 6.88. The molecule has 1 aromatic heterocycles. The number of piperidine rings is 1. The Morgan fingerprint density at radius 2 is 2.25 bits per heavy atom. The number of nitrogens with one attached hydrogen (secondary N) is 2. The fourth-order valence-electron chi connectivity index (χ4n) is 2.87. The summed E-state index contributed by atoms with van der Waals surface area (Å²) in [6.45, 7) is 3.73. The molecule has 0 radical (unpaired) electrons. The van der Waals surface area contributed by atoms with E-state index in [0.29, 0.717) is 12.8 Å². The average molecular weight is 271 g/mol. The topological polar surface area (TPSA) is 71.1 Å². The van der Waals surface area contributed by atoms with Crippen molar-refractivity contribution in [1.82, 2.24) is 15.6 Å². The Morgan fingerprint density at radius 1 is 1.40 bits per heavy atom. The molecular formula is C15H17N3O2. The first kappa shape index (κ1) is 12.8. The first-order valence-corrected chi connectivity index (χ1v) is 6.88. The van der Waals surface area contributed by atoms with Gasteiger partial charge in [0, 0.05) is 17.6 Å². The molecule has 1 aromatic rings. The number of hydrogen-bond acceptors (Lipinski definition) is 3. The average Bonchev–Trinajstić information content (AvgIpc) is 2.86. The number of rotatable bonds is 2. The van der Waals surface area contributed by atoms with E-state index in [1.807, 2.05) is 12.1 Å². The number of hydrogen-bond donors (Lipinski definition) is 2. The summed E-state index contributed by atoms with van der Waals surface area (Å²) >= 11 is 0. The summed E-state index contributed by atoms with van der Waals surface area (Å²) in [4.78, 5) is 28.5. The van der Waals surface area contributed by atoms with E-state index in [2.05, 4.69) is 22.2 Å². The highest BCUT2D eigenvalue weighted by Gasteiger charge is 2.32. The smallest absolute Gasteiger partial charge is 0.246 e. The molecule has 5 nitrogen and oxygen atoms in total. The van der Waals surface area contributed by atoms with E-state index < -0.39 is 6.04 Å². The van der Waals surface area contributed by atoms with Crippen LogP contribution in [-0.2, 0) is 16.0 Å². The van der Waals surface area contributed by atoms with Gasteiger partial charge in [-0.1, -0.05) is 12.6 Å². The van der Waals surface area contributed by atoms with Gasteiger partial charge < -0.3 is 10.6 Å². The molecule has 1 saturated heterocycles. The number of aryl methyl sites for hydroxylation is 1. The Kier molecular flexibility index (Phi) is 3.26. The molecule has 3 rings (SSSR count). The number of allylic oxidation sites excluding steroid dienone is 1. The first-order chi connectivity index (χ1) is 9.65. The Morgan fingerprint density at radius 3 is 3.05 bits per heavy atom. The van der Waals surface area contributed by atoms with Crippen LogP contribution < -0.4 is 10.6 Å². The van der Waals surface area contributed by atoms with Crippen LogP contribution in [0.4, 0.5) is 0 Å². The highest BCUT2D eigenvalue weighted by Crippen LogP contribution is 2.31. The molecule has 0 saturated carbocycles. The lowest BCUT2D eigenvalue weighted by Gasteiger charge is -2.25. The van der Waals surface area contributed by atoms with E-state index >= 15 is 0 Å². The maximum atomic E-state index is 12.4. The molecule has 1 aliphatic heterocycles. The number of amides is 2. The quantitative estimate of drug-likeness (QED) is 0.843. The highest BCUT2D eigenvalue weighted by atomic mass is 16.2. The molecular weight excluding hydrogens is 254 g/mol. The van der Waals surface area contributed by atoms with Crippen molar-refractivity contribution in [2.24, 2.45) is 0 Å². The molecule has 0 spiro atoms. The number of nitrogens with zero attached hydrogens (tertiary/aromatic N) is 1. The van der Waals surface area contributed by atoms with E-state index in [0.717, 1.165) is 29.8 Å². The van der Waals surface area contributed by atoms with E-state index in [9.17, 15) is 9.59 Å². The van der Waals surface area contributed by atoms with Crippen molar-refractivity contribution in [1.29, 1.82) is 0 Å². The summed E-state index contributed by atoms with van der Waals surface area (Å²) in [5.74, 6) is -0.431. The van der Waals surface area contributed by atoms with Gasteiger partial charge in [-0.3, -0.25) is 14.6 Å². The normalized spacial score (nSPS) is 25.0. The zero-order valence-electron chi connectivity index (χ0n) is 11.2. The van der Waals surface area contributed by atoms with Crippen molar-refractivity contribution >= 4 is 11.8 Å². The fourth-order valence-corrected chi connectivity index (χ4v) is 2.87. The van der Waals surface area contributed by atoms with Crippen molar-refractivity contribution < 1.29 is 9.59 Å². The van der Waals surface area contributed by atoms with Crippen LogP contribution in [0.5, 0.6) is 0 Å². The Bertz CT molecular complexity index is 582. The third-order valence-electron chi connectivity index (χ3n) is 3.95. The summed E-state index contributed by atoms with van der Waals surface area (Å²) in [7, 11) is 0.